The van der Waals surface area contributed by atoms with E-state index in [1.54, 1.807) is 13.0 Å². The quantitative estimate of drug-likeness (QED) is 0.151. The summed E-state index contributed by atoms with van der Waals surface area (Å²) in [6.07, 6.45) is 1.67. The van der Waals surface area contributed by atoms with Crippen molar-refractivity contribution in [3.05, 3.63) is 105 Å². The standard InChI is InChI=1S/C39H40N2O8/c1-3-22-11-10-21(19-41-28(39(48)49-4-2)15-20-8-6-5-7-9-20)14-26(22)25-12-13-29(42)33-27(25)17-23-16-24-18-30(43)34(38(40)47)37(46)32(24)35(44)31(23)36(33)45/h5-14,23-24,28,32,41-42,45-46H,3-4,15-19H2,1-2H3,(H2,40,47)/t23-,24+,28?,32?/m1/s1. The van der Waals surface area contributed by atoms with Gasteiger partial charge in [0.1, 0.15) is 28.9 Å². The zero-order valence-corrected chi connectivity index (χ0v) is 27.5. The Balaban J connectivity index is 1.36. The number of hydrogen-bond donors (Lipinski definition) is 5. The van der Waals surface area contributed by atoms with Crippen molar-refractivity contribution in [2.24, 2.45) is 23.5 Å². The molecular weight excluding hydrogens is 624 g/mol. The molecule has 0 spiro atoms. The van der Waals surface area contributed by atoms with Crippen molar-refractivity contribution in [2.45, 2.75) is 58.5 Å². The van der Waals surface area contributed by atoms with Gasteiger partial charge in [-0.05, 0) is 90.0 Å². The first kappa shape index (κ1) is 33.7. The third-order valence-corrected chi connectivity index (χ3v) is 10.0. The lowest BCUT2D eigenvalue weighted by atomic mass is 9.61. The van der Waals surface area contributed by atoms with E-state index < -0.39 is 52.6 Å². The van der Waals surface area contributed by atoms with Crippen molar-refractivity contribution in [2.75, 3.05) is 6.61 Å². The number of benzene rings is 3. The second-order valence-corrected chi connectivity index (χ2v) is 13.0. The fraction of sp³-hybridized carbons (Fsp3) is 0.333. The van der Waals surface area contributed by atoms with Crippen LogP contribution in [0.1, 0.15) is 54.5 Å². The van der Waals surface area contributed by atoms with Crippen LogP contribution in [0.25, 0.3) is 16.9 Å². The van der Waals surface area contributed by atoms with Gasteiger partial charge in [0.05, 0.1) is 18.1 Å². The van der Waals surface area contributed by atoms with Crippen LogP contribution >= 0.6 is 0 Å². The normalized spacial score (nSPS) is 20.7. The Bertz CT molecular complexity index is 1910. The first-order chi connectivity index (χ1) is 23.5. The molecule has 4 atom stereocenters. The van der Waals surface area contributed by atoms with Gasteiger partial charge in [-0.1, -0.05) is 55.5 Å². The minimum atomic E-state index is -1.17. The fourth-order valence-corrected chi connectivity index (χ4v) is 7.76. The average molecular weight is 665 g/mol. The summed E-state index contributed by atoms with van der Waals surface area (Å²) in [7, 11) is 0. The molecule has 0 radical (unpaired) electrons. The Labute approximate surface area is 284 Å². The fourth-order valence-electron chi connectivity index (χ4n) is 7.76. The van der Waals surface area contributed by atoms with Gasteiger partial charge in [-0.3, -0.25) is 19.2 Å². The lowest BCUT2D eigenvalue weighted by molar-refractivity contribution is -0.145. The number of amides is 1. The van der Waals surface area contributed by atoms with Gasteiger partial charge in [-0.15, -0.1) is 0 Å². The molecule has 254 valence electrons. The van der Waals surface area contributed by atoms with E-state index >= 15 is 0 Å². The molecule has 0 aromatic heterocycles. The molecule has 10 nitrogen and oxygen atoms in total. The predicted molar refractivity (Wildman–Crippen MR) is 182 cm³/mol. The summed E-state index contributed by atoms with van der Waals surface area (Å²) in [5.41, 5.74) is 10.3. The van der Waals surface area contributed by atoms with Gasteiger partial charge in [-0.2, -0.15) is 0 Å². The molecule has 0 saturated heterocycles. The van der Waals surface area contributed by atoms with Crippen LogP contribution in [0.2, 0.25) is 0 Å². The second-order valence-electron chi connectivity index (χ2n) is 13.0. The van der Waals surface area contributed by atoms with E-state index in [1.165, 1.54) is 6.07 Å². The van der Waals surface area contributed by atoms with Crippen LogP contribution in [-0.4, -0.2) is 51.4 Å². The minimum Gasteiger partial charge on any atom is -0.511 e. The molecule has 49 heavy (non-hydrogen) atoms. The number of aryl methyl sites for hydroxylation is 1. The van der Waals surface area contributed by atoms with Crippen LogP contribution in [0.15, 0.2) is 77.6 Å². The number of rotatable bonds is 10. The third kappa shape index (κ3) is 6.24. The third-order valence-electron chi connectivity index (χ3n) is 10.0. The molecule has 10 heteroatoms. The Morgan fingerprint density at radius 2 is 1.71 bits per heavy atom. The predicted octanol–water partition coefficient (Wildman–Crippen LogP) is 4.80. The zero-order chi connectivity index (χ0) is 35.0. The molecule has 0 aliphatic heterocycles. The number of aliphatic hydroxyl groups excluding tert-OH is 2. The van der Waals surface area contributed by atoms with Crippen LogP contribution < -0.4 is 11.1 Å². The Hall–Kier alpha value is -5.22. The number of phenolic OH excluding ortho intramolecular Hbond substituents is 1. The minimum absolute atomic E-state index is 0.0722. The van der Waals surface area contributed by atoms with E-state index in [-0.39, 0.29) is 41.6 Å². The molecule has 6 rings (SSSR count). The van der Waals surface area contributed by atoms with Gasteiger partial charge < -0.3 is 31.1 Å². The van der Waals surface area contributed by atoms with Crippen LogP contribution in [0, 0.1) is 17.8 Å². The van der Waals surface area contributed by atoms with E-state index in [9.17, 15) is 34.5 Å². The highest BCUT2D eigenvalue weighted by atomic mass is 16.5. The molecule has 3 aliphatic rings. The SMILES string of the molecule is CCOC(=O)C(Cc1ccccc1)NCc1ccc(CC)c(-c2ccc(O)c3c2C[C@H]2C[C@H]4CC(=O)C(C(N)=O)=C(O)C4C(=O)C2=C3O)c1. The lowest BCUT2D eigenvalue weighted by Crippen LogP contribution is -2.44. The number of ketones is 2. The zero-order valence-electron chi connectivity index (χ0n) is 27.5. The van der Waals surface area contributed by atoms with E-state index in [0.29, 0.717) is 37.8 Å². The molecule has 6 N–H and O–H groups in total. The average Bonchev–Trinajstić information content (AvgIpc) is 3.06. The largest absolute Gasteiger partial charge is 0.511 e. The molecular formula is C39H40N2O8. The highest BCUT2D eigenvalue weighted by molar-refractivity contribution is 6.21. The molecule has 1 fully saturated rings. The van der Waals surface area contributed by atoms with Crippen LogP contribution in [-0.2, 0) is 49.7 Å². The van der Waals surface area contributed by atoms with Crippen molar-refractivity contribution in [1.29, 1.82) is 0 Å². The van der Waals surface area contributed by atoms with Gasteiger partial charge in [0.25, 0.3) is 5.91 Å². The number of hydrogen-bond acceptors (Lipinski definition) is 9. The summed E-state index contributed by atoms with van der Waals surface area (Å²) in [5, 5.41) is 36.9. The van der Waals surface area contributed by atoms with Gasteiger partial charge >= 0.3 is 5.97 Å². The smallest absolute Gasteiger partial charge is 0.323 e. The van der Waals surface area contributed by atoms with Crippen LogP contribution in [0.5, 0.6) is 5.75 Å². The molecule has 3 aliphatic carbocycles. The molecule has 3 aromatic rings. The van der Waals surface area contributed by atoms with Crippen molar-refractivity contribution in [1.82, 2.24) is 5.32 Å². The summed E-state index contributed by atoms with van der Waals surface area (Å²) >= 11 is 0. The van der Waals surface area contributed by atoms with E-state index in [4.69, 9.17) is 10.5 Å². The summed E-state index contributed by atoms with van der Waals surface area (Å²) in [5.74, 6) is -6.01. The molecule has 1 saturated carbocycles. The molecule has 2 unspecified atom stereocenters. The molecule has 0 bridgehead atoms. The van der Waals surface area contributed by atoms with Crippen LogP contribution in [0.4, 0.5) is 0 Å². The van der Waals surface area contributed by atoms with Gasteiger partial charge in [-0.25, -0.2) is 0 Å². The van der Waals surface area contributed by atoms with Crippen molar-refractivity contribution < 1.29 is 39.2 Å². The first-order valence-electron chi connectivity index (χ1n) is 16.7. The number of fused-ring (bicyclic) bond motifs is 3. The number of ether oxygens (including phenoxy) is 1. The topological polar surface area (TPSA) is 176 Å². The number of phenols is 1. The number of nitrogens with one attached hydrogen (secondary N) is 1. The van der Waals surface area contributed by atoms with Gasteiger partial charge in [0, 0.05) is 18.5 Å². The maximum atomic E-state index is 13.8. The Morgan fingerprint density at radius 1 is 0.959 bits per heavy atom. The number of esters is 1. The van der Waals surface area contributed by atoms with E-state index in [1.807, 2.05) is 55.5 Å². The van der Waals surface area contributed by atoms with E-state index in [0.717, 1.165) is 27.8 Å². The first-order valence-corrected chi connectivity index (χ1v) is 16.7. The number of Topliss-reactive ketones (excluding diaryl/α,β-unsaturated/α-hetero) is 2. The molecule has 0 heterocycles. The number of carbonyl (C=O) groups is 4. The number of allylic oxidation sites excluding steroid dienone is 2. The van der Waals surface area contributed by atoms with Crippen LogP contribution in [0.3, 0.4) is 0 Å². The van der Waals surface area contributed by atoms with Crippen molar-refractivity contribution in [3.63, 3.8) is 0 Å². The summed E-state index contributed by atoms with van der Waals surface area (Å²) in [4.78, 5) is 51.4. The number of aromatic hydroxyl groups is 1. The Kier molecular flexibility index (Phi) is 9.43. The highest BCUT2D eigenvalue weighted by Gasteiger charge is 2.51. The summed E-state index contributed by atoms with van der Waals surface area (Å²) in [6.45, 7) is 4.46. The molecule has 3 aromatic carbocycles. The second kappa shape index (κ2) is 13.7. The lowest BCUT2D eigenvalue weighted by Gasteiger charge is -2.41. The maximum Gasteiger partial charge on any atom is 0.323 e. The van der Waals surface area contributed by atoms with Gasteiger partial charge in [0.15, 0.2) is 11.6 Å². The van der Waals surface area contributed by atoms with Gasteiger partial charge in [0.2, 0.25) is 0 Å². The van der Waals surface area contributed by atoms with E-state index in [2.05, 4.69) is 5.32 Å². The van der Waals surface area contributed by atoms with Crippen molar-refractivity contribution >= 4 is 29.2 Å². The summed E-state index contributed by atoms with van der Waals surface area (Å²) < 4.78 is 5.36. The Morgan fingerprint density at radius 3 is 2.41 bits per heavy atom. The summed E-state index contributed by atoms with van der Waals surface area (Å²) in [6, 6.07) is 18.5. The molecule has 1 amide bonds. The number of primary amides is 1. The number of carbonyl (C=O) groups excluding carboxylic acids is 4. The highest BCUT2D eigenvalue weighted by Crippen LogP contribution is 2.51. The number of aliphatic hydroxyl groups is 2. The van der Waals surface area contributed by atoms with Crippen molar-refractivity contribution in [3.8, 4) is 16.9 Å². The number of nitrogens with two attached hydrogens (primary N) is 1. The maximum absolute atomic E-state index is 13.8. The monoisotopic (exact) mass is 664 g/mol.